The second-order valence-corrected chi connectivity index (χ2v) is 4.66. The molecule has 0 aromatic heterocycles. The summed E-state index contributed by atoms with van der Waals surface area (Å²) in [6, 6.07) is 1.98. The molecule has 19 heavy (non-hydrogen) atoms. The quantitative estimate of drug-likeness (QED) is 0.808. The molecule has 0 radical (unpaired) electrons. The number of ether oxygens (including phenoxy) is 2. The Hall–Kier alpha value is -1.06. The molecule has 0 spiro atoms. The van der Waals surface area contributed by atoms with Gasteiger partial charge in [0.2, 0.25) is 0 Å². The first-order chi connectivity index (χ1) is 8.68. The second kappa shape index (κ2) is 4.50. The van der Waals surface area contributed by atoms with Crippen LogP contribution in [0.5, 0.6) is 11.5 Å². The van der Waals surface area contributed by atoms with E-state index >= 15 is 0 Å². The predicted octanol–water partition coefficient (Wildman–Crippen LogP) is 2.40. The molecule has 0 fully saturated rings. The molecule has 106 valence electrons. The molecule has 1 aromatic carbocycles. The minimum Gasteiger partial charge on any atom is -0.421 e. The van der Waals surface area contributed by atoms with Gasteiger partial charge in [-0.05, 0) is 17.7 Å². The average molecular weight is 346 g/mol. The maximum Gasteiger partial charge on any atom is 0.507 e. The van der Waals surface area contributed by atoms with E-state index in [4.69, 9.17) is 5.73 Å². The monoisotopic (exact) mass is 345 g/mol. The highest BCUT2D eigenvalue weighted by atomic mass is 79.9. The number of aliphatic hydroxyl groups excluding tert-OH is 1. The summed E-state index contributed by atoms with van der Waals surface area (Å²) >= 11 is 3.00. The summed E-state index contributed by atoms with van der Waals surface area (Å²) in [5.41, 5.74) is 5.36. The van der Waals surface area contributed by atoms with Gasteiger partial charge >= 0.3 is 12.2 Å². The van der Waals surface area contributed by atoms with Crippen LogP contribution in [-0.2, 0) is 0 Å². The standard InChI is InChI=1S/C10H8BrF4NO3/c11-5-2-8-7(1-4(5)6(17)3-16)18-9(12,13)10(14,15)19-8/h1-2,6,17H,3,16H2. The Balaban J connectivity index is 2.48. The van der Waals surface area contributed by atoms with Gasteiger partial charge in [0.25, 0.3) is 0 Å². The summed E-state index contributed by atoms with van der Waals surface area (Å²) in [7, 11) is 0. The number of hydrogen-bond donors (Lipinski definition) is 2. The molecule has 1 heterocycles. The second-order valence-electron chi connectivity index (χ2n) is 3.81. The van der Waals surface area contributed by atoms with Crippen LogP contribution in [-0.4, -0.2) is 23.9 Å². The van der Waals surface area contributed by atoms with Gasteiger partial charge in [-0.25, -0.2) is 0 Å². The Labute approximate surface area is 113 Å². The van der Waals surface area contributed by atoms with Gasteiger partial charge in [-0.1, -0.05) is 15.9 Å². The van der Waals surface area contributed by atoms with E-state index in [1.165, 1.54) is 0 Å². The van der Waals surface area contributed by atoms with E-state index in [9.17, 15) is 22.7 Å². The van der Waals surface area contributed by atoms with Gasteiger partial charge in [-0.3, -0.25) is 0 Å². The van der Waals surface area contributed by atoms with Gasteiger partial charge in [0.05, 0.1) is 6.10 Å². The van der Waals surface area contributed by atoms with Crippen molar-refractivity contribution in [1.82, 2.24) is 0 Å². The van der Waals surface area contributed by atoms with E-state index in [1.54, 1.807) is 0 Å². The topological polar surface area (TPSA) is 64.7 Å². The maximum atomic E-state index is 13.0. The predicted molar refractivity (Wildman–Crippen MR) is 59.3 cm³/mol. The molecule has 2 rings (SSSR count). The molecule has 0 bridgehead atoms. The van der Waals surface area contributed by atoms with E-state index in [0.29, 0.717) is 0 Å². The Morgan fingerprint density at radius 3 is 2.11 bits per heavy atom. The molecule has 3 N–H and O–H groups in total. The molecular formula is C10H8BrF4NO3. The minimum absolute atomic E-state index is 0.130. The van der Waals surface area contributed by atoms with Crippen LogP contribution in [0.25, 0.3) is 0 Å². The third kappa shape index (κ3) is 2.37. The molecule has 9 heteroatoms. The lowest BCUT2D eigenvalue weighted by atomic mass is 10.1. The van der Waals surface area contributed by atoms with E-state index < -0.39 is 29.8 Å². The SMILES string of the molecule is NCC(O)c1cc2c(cc1Br)OC(F)(F)C(F)(F)O2. The van der Waals surface area contributed by atoms with Crippen molar-refractivity contribution in [1.29, 1.82) is 0 Å². The van der Waals surface area contributed by atoms with Crippen molar-refractivity contribution in [2.45, 2.75) is 18.3 Å². The molecule has 1 unspecified atom stereocenters. The number of rotatable bonds is 2. The van der Waals surface area contributed by atoms with Crippen LogP contribution < -0.4 is 15.2 Å². The van der Waals surface area contributed by atoms with E-state index in [1.807, 2.05) is 0 Å². The third-order valence-electron chi connectivity index (χ3n) is 2.46. The van der Waals surface area contributed by atoms with Crippen molar-refractivity contribution >= 4 is 15.9 Å². The van der Waals surface area contributed by atoms with Crippen LogP contribution in [0.3, 0.4) is 0 Å². The van der Waals surface area contributed by atoms with Crippen LogP contribution in [0.2, 0.25) is 0 Å². The zero-order valence-corrected chi connectivity index (χ0v) is 10.8. The third-order valence-corrected chi connectivity index (χ3v) is 3.15. The zero-order valence-electron chi connectivity index (χ0n) is 9.17. The fourth-order valence-electron chi connectivity index (χ4n) is 1.49. The lowest BCUT2D eigenvalue weighted by Gasteiger charge is -2.32. The van der Waals surface area contributed by atoms with Gasteiger partial charge < -0.3 is 20.3 Å². The van der Waals surface area contributed by atoms with E-state index in [0.717, 1.165) is 12.1 Å². The van der Waals surface area contributed by atoms with E-state index in [-0.39, 0.29) is 16.6 Å². The number of halogens is 5. The summed E-state index contributed by atoms with van der Waals surface area (Å²) in [4.78, 5) is 0. The first-order valence-corrected chi connectivity index (χ1v) is 5.82. The number of alkyl halides is 4. The van der Waals surface area contributed by atoms with Gasteiger partial charge in [-0.2, -0.15) is 17.6 Å². The Morgan fingerprint density at radius 1 is 1.16 bits per heavy atom. The van der Waals surface area contributed by atoms with Crippen LogP contribution in [0, 0.1) is 0 Å². The number of hydrogen-bond acceptors (Lipinski definition) is 4. The van der Waals surface area contributed by atoms with Gasteiger partial charge in [0.15, 0.2) is 11.5 Å². The largest absolute Gasteiger partial charge is 0.507 e. The lowest BCUT2D eigenvalue weighted by molar-refractivity contribution is -0.391. The van der Waals surface area contributed by atoms with Crippen LogP contribution >= 0.6 is 15.9 Å². The van der Waals surface area contributed by atoms with E-state index in [2.05, 4.69) is 25.4 Å². The molecule has 0 amide bonds. The highest BCUT2D eigenvalue weighted by molar-refractivity contribution is 9.10. The van der Waals surface area contributed by atoms with Crippen LogP contribution in [0.1, 0.15) is 11.7 Å². The smallest absolute Gasteiger partial charge is 0.421 e. The highest BCUT2D eigenvalue weighted by Crippen LogP contribution is 2.48. The molecule has 4 nitrogen and oxygen atoms in total. The lowest BCUT2D eigenvalue weighted by Crippen LogP contribution is -2.52. The van der Waals surface area contributed by atoms with Gasteiger partial charge in [0, 0.05) is 11.0 Å². The molecule has 0 saturated heterocycles. The van der Waals surface area contributed by atoms with Crippen LogP contribution in [0.4, 0.5) is 17.6 Å². The normalized spacial score (nSPS) is 21.0. The summed E-state index contributed by atoms with van der Waals surface area (Å²) in [5, 5.41) is 9.56. The van der Waals surface area contributed by atoms with Gasteiger partial charge in [-0.15, -0.1) is 0 Å². The summed E-state index contributed by atoms with van der Waals surface area (Å²) in [6.45, 7) is -0.176. The van der Waals surface area contributed by atoms with Gasteiger partial charge in [0.1, 0.15) is 0 Å². The van der Waals surface area contributed by atoms with Crippen molar-refractivity contribution in [3.63, 3.8) is 0 Å². The average Bonchev–Trinajstić information content (AvgIpc) is 2.29. The molecule has 1 aromatic rings. The minimum atomic E-state index is -4.79. The van der Waals surface area contributed by atoms with Crippen LogP contribution in [0.15, 0.2) is 16.6 Å². The van der Waals surface area contributed by atoms with Crippen molar-refractivity contribution in [3.05, 3.63) is 22.2 Å². The number of fused-ring (bicyclic) bond motifs is 1. The molecule has 1 aliphatic rings. The number of aliphatic hydroxyl groups is 1. The van der Waals surface area contributed by atoms with Crippen molar-refractivity contribution in [2.75, 3.05) is 6.54 Å². The first kappa shape index (κ1) is 14.4. The molecular weight excluding hydrogens is 338 g/mol. The number of benzene rings is 1. The zero-order chi connectivity index (χ0) is 14.4. The Bertz CT molecular complexity index is 512. The van der Waals surface area contributed by atoms with Crippen molar-refractivity contribution in [2.24, 2.45) is 5.73 Å². The molecule has 0 aliphatic carbocycles. The maximum absolute atomic E-state index is 13.0. The summed E-state index contributed by atoms with van der Waals surface area (Å²) in [5.74, 6) is -1.16. The van der Waals surface area contributed by atoms with Crippen molar-refractivity contribution in [3.8, 4) is 11.5 Å². The summed E-state index contributed by atoms with van der Waals surface area (Å²) in [6.07, 6.45) is -10.7. The fourth-order valence-corrected chi connectivity index (χ4v) is 2.07. The molecule has 1 aliphatic heterocycles. The number of nitrogens with two attached hydrogens (primary N) is 1. The molecule has 0 saturated carbocycles. The Morgan fingerprint density at radius 2 is 1.63 bits per heavy atom. The highest BCUT2D eigenvalue weighted by Gasteiger charge is 2.66. The van der Waals surface area contributed by atoms with Crippen molar-refractivity contribution < 1.29 is 32.1 Å². The first-order valence-electron chi connectivity index (χ1n) is 5.03. The molecule has 1 atom stereocenters. The fraction of sp³-hybridized carbons (Fsp3) is 0.400. The Kier molecular flexibility index (Phi) is 3.40. The summed E-state index contributed by atoms with van der Waals surface area (Å²) < 4.78 is 59.9.